The lowest BCUT2D eigenvalue weighted by Gasteiger charge is -2.33. The Morgan fingerprint density at radius 2 is 2.11 bits per heavy atom. The number of rotatable bonds is 5. The maximum absolute atomic E-state index is 12.7. The molecule has 1 amide bonds. The largest absolute Gasteiger partial charge is 0.373 e. The summed E-state index contributed by atoms with van der Waals surface area (Å²) in [4.78, 5) is 29.5. The molecule has 0 aromatic carbocycles. The standard InChI is InChI=1S/C19H23N7O2/c1-11-7-12(8-11)22-18(27)13-10-21-26-16(20-2)9-15(24-17(13)26)23-14-5-4-6-25(3)19(14)28/h4-6,9-12,20H,7-8H2,1-3H3,(H,22,27)(H,23,24). The van der Waals surface area contributed by atoms with Crippen molar-refractivity contribution in [3.05, 3.63) is 46.5 Å². The molecule has 9 nitrogen and oxygen atoms in total. The molecule has 1 aliphatic rings. The molecular weight excluding hydrogens is 358 g/mol. The monoisotopic (exact) mass is 381 g/mol. The van der Waals surface area contributed by atoms with Crippen LogP contribution in [0.25, 0.3) is 5.65 Å². The number of anilines is 3. The molecule has 0 radical (unpaired) electrons. The van der Waals surface area contributed by atoms with Crippen LogP contribution >= 0.6 is 0 Å². The molecule has 1 saturated carbocycles. The van der Waals surface area contributed by atoms with E-state index in [-0.39, 0.29) is 17.5 Å². The van der Waals surface area contributed by atoms with Gasteiger partial charge in [0.25, 0.3) is 11.5 Å². The fourth-order valence-electron chi connectivity index (χ4n) is 3.48. The molecule has 0 unspecified atom stereocenters. The van der Waals surface area contributed by atoms with Gasteiger partial charge in [-0.3, -0.25) is 9.59 Å². The van der Waals surface area contributed by atoms with Crippen molar-refractivity contribution >= 4 is 28.9 Å². The van der Waals surface area contributed by atoms with E-state index >= 15 is 0 Å². The lowest BCUT2D eigenvalue weighted by atomic mass is 9.82. The number of carbonyl (C=O) groups is 1. The Balaban J connectivity index is 1.69. The third-order valence-electron chi connectivity index (χ3n) is 5.07. The highest BCUT2D eigenvalue weighted by atomic mass is 16.2. The normalized spacial score (nSPS) is 18.5. The topological polar surface area (TPSA) is 105 Å². The summed E-state index contributed by atoms with van der Waals surface area (Å²) in [6, 6.07) is 5.41. The van der Waals surface area contributed by atoms with Crippen LogP contribution in [0.1, 0.15) is 30.1 Å². The van der Waals surface area contributed by atoms with E-state index in [2.05, 4.69) is 33.0 Å². The van der Waals surface area contributed by atoms with E-state index in [1.807, 2.05) is 0 Å². The number of nitrogens with one attached hydrogen (secondary N) is 3. The van der Waals surface area contributed by atoms with Crippen LogP contribution in [0, 0.1) is 5.92 Å². The Labute approximate surface area is 161 Å². The highest BCUT2D eigenvalue weighted by molar-refractivity contribution is 6.00. The van der Waals surface area contributed by atoms with Gasteiger partial charge in [-0.15, -0.1) is 0 Å². The molecule has 28 heavy (non-hydrogen) atoms. The van der Waals surface area contributed by atoms with Gasteiger partial charge in [-0.05, 0) is 30.9 Å². The number of aromatic nitrogens is 4. The lowest BCUT2D eigenvalue weighted by molar-refractivity contribution is 0.0897. The first-order chi connectivity index (χ1) is 13.5. The van der Waals surface area contributed by atoms with Crippen LogP contribution < -0.4 is 21.5 Å². The molecule has 0 spiro atoms. The molecule has 1 fully saturated rings. The molecule has 146 valence electrons. The minimum absolute atomic E-state index is 0.166. The Hall–Kier alpha value is -3.36. The molecule has 3 heterocycles. The molecule has 9 heteroatoms. The summed E-state index contributed by atoms with van der Waals surface area (Å²) in [7, 11) is 3.45. The van der Waals surface area contributed by atoms with Crippen LogP contribution in [0.3, 0.4) is 0 Å². The van der Waals surface area contributed by atoms with Crippen molar-refractivity contribution in [2.75, 3.05) is 17.7 Å². The zero-order chi connectivity index (χ0) is 19.8. The van der Waals surface area contributed by atoms with Gasteiger partial charge >= 0.3 is 0 Å². The number of fused-ring (bicyclic) bond motifs is 1. The zero-order valence-corrected chi connectivity index (χ0v) is 16.1. The van der Waals surface area contributed by atoms with Gasteiger partial charge in [-0.2, -0.15) is 9.61 Å². The number of hydrogen-bond donors (Lipinski definition) is 3. The van der Waals surface area contributed by atoms with Crippen LogP contribution in [-0.4, -0.2) is 38.2 Å². The molecule has 0 saturated heterocycles. The molecule has 0 aliphatic heterocycles. The summed E-state index contributed by atoms with van der Waals surface area (Å²) in [6.45, 7) is 2.17. The Morgan fingerprint density at radius 3 is 2.82 bits per heavy atom. The van der Waals surface area contributed by atoms with Gasteiger partial charge in [0.05, 0.1) is 6.20 Å². The van der Waals surface area contributed by atoms with E-state index in [0.29, 0.717) is 34.5 Å². The molecule has 1 aliphatic carbocycles. The fraction of sp³-hybridized carbons (Fsp3) is 0.368. The highest BCUT2D eigenvalue weighted by Crippen LogP contribution is 2.27. The van der Waals surface area contributed by atoms with Gasteiger partial charge in [-0.25, -0.2) is 4.98 Å². The van der Waals surface area contributed by atoms with Crippen molar-refractivity contribution in [1.29, 1.82) is 0 Å². The second-order valence-electron chi connectivity index (χ2n) is 7.28. The zero-order valence-electron chi connectivity index (χ0n) is 16.1. The summed E-state index contributed by atoms with van der Waals surface area (Å²) < 4.78 is 3.06. The summed E-state index contributed by atoms with van der Waals surface area (Å²) in [6.07, 6.45) is 5.18. The van der Waals surface area contributed by atoms with Crippen molar-refractivity contribution in [2.24, 2.45) is 13.0 Å². The molecule has 0 bridgehead atoms. The van der Waals surface area contributed by atoms with Crippen molar-refractivity contribution in [3.63, 3.8) is 0 Å². The first kappa shape index (κ1) is 18.0. The van der Waals surface area contributed by atoms with Crippen LogP contribution in [-0.2, 0) is 7.05 Å². The number of amides is 1. The summed E-state index contributed by atoms with van der Waals surface area (Å²) >= 11 is 0. The van der Waals surface area contributed by atoms with E-state index in [0.717, 1.165) is 12.8 Å². The van der Waals surface area contributed by atoms with E-state index in [9.17, 15) is 9.59 Å². The second-order valence-corrected chi connectivity index (χ2v) is 7.28. The number of nitrogens with zero attached hydrogens (tertiary/aromatic N) is 4. The molecule has 3 N–H and O–H groups in total. The van der Waals surface area contributed by atoms with E-state index in [4.69, 9.17) is 0 Å². The number of pyridine rings is 1. The summed E-state index contributed by atoms with van der Waals surface area (Å²) in [5.74, 6) is 1.56. The molecule has 3 aromatic rings. The predicted octanol–water partition coefficient (Wildman–Crippen LogP) is 1.74. The van der Waals surface area contributed by atoms with Crippen LogP contribution in [0.15, 0.2) is 35.4 Å². The first-order valence-electron chi connectivity index (χ1n) is 9.26. The fourth-order valence-corrected chi connectivity index (χ4v) is 3.48. The molecule has 4 rings (SSSR count). The van der Waals surface area contributed by atoms with Gasteiger partial charge in [0, 0.05) is 32.4 Å². The van der Waals surface area contributed by atoms with E-state index in [1.165, 1.54) is 10.8 Å². The minimum Gasteiger partial charge on any atom is -0.373 e. The molecular formula is C19H23N7O2. The van der Waals surface area contributed by atoms with Crippen LogP contribution in [0.2, 0.25) is 0 Å². The average Bonchev–Trinajstić information content (AvgIpc) is 3.07. The van der Waals surface area contributed by atoms with Gasteiger partial charge in [0.15, 0.2) is 5.65 Å². The number of carbonyl (C=O) groups excluding carboxylic acids is 1. The average molecular weight is 381 g/mol. The Bertz CT molecular complexity index is 1100. The highest BCUT2D eigenvalue weighted by Gasteiger charge is 2.28. The molecule has 0 atom stereocenters. The Morgan fingerprint density at radius 1 is 1.32 bits per heavy atom. The number of aryl methyl sites for hydroxylation is 1. The maximum Gasteiger partial charge on any atom is 0.274 e. The first-order valence-corrected chi connectivity index (χ1v) is 9.26. The minimum atomic E-state index is -0.186. The van der Waals surface area contributed by atoms with Gasteiger partial charge < -0.3 is 20.5 Å². The van der Waals surface area contributed by atoms with Crippen LogP contribution in [0.4, 0.5) is 17.3 Å². The lowest BCUT2D eigenvalue weighted by Crippen LogP contribution is -2.43. The van der Waals surface area contributed by atoms with Gasteiger partial charge in [-0.1, -0.05) is 6.92 Å². The van der Waals surface area contributed by atoms with Crippen LogP contribution in [0.5, 0.6) is 0 Å². The Kier molecular flexibility index (Phi) is 4.50. The smallest absolute Gasteiger partial charge is 0.274 e. The van der Waals surface area contributed by atoms with Gasteiger partial charge in [0.2, 0.25) is 0 Å². The van der Waals surface area contributed by atoms with Crippen molar-refractivity contribution in [3.8, 4) is 0 Å². The van der Waals surface area contributed by atoms with Gasteiger partial charge in [0.1, 0.15) is 22.9 Å². The molecule has 3 aromatic heterocycles. The summed E-state index contributed by atoms with van der Waals surface area (Å²) in [5.41, 5.74) is 1.06. The SMILES string of the molecule is CNc1cc(Nc2cccn(C)c2=O)nc2c(C(=O)NC3CC(C)C3)cnn12. The number of hydrogen-bond acceptors (Lipinski definition) is 6. The third-order valence-corrected chi connectivity index (χ3v) is 5.07. The van der Waals surface area contributed by atoms with Crippen molar-refractivity contribution < 1.29 is 4.79 Å². The van der Waals surface area contributed by atoms with Crippen molar-refractivity contribution in [1.82, 2.24) is 24.5 Å². The second kappa shape index (κ2) is 6.99. The van der Waals surface area contributed by atoms with E-state index in [1.54, 1.807) is 43.0 Å². The van der Waals surface area contributed by atoms with E-state index < -0.39 is 0 Å². The quantitative estimate of drug-likeness (QED) is 0.622. The third kappa shape index (κ3) is 3.19. The summed E-state index contributed by atoms with van der Waals surface area (Å²) in [5, 5.41) is 13.4. The maximum atomic E-state index is 12.7. The van der Waals surface area contributed by atoms with Crippen molar-refractivity contribution in [2.45, 2.75) is 25.8 Å². The predicted molar refractivity (Wildman–Crippen MR) is 107 cm³/mol.